The van der Waals surface area contributed by atoms with Crippen molar-refractivity contribution in [3.63, 3.8) is 0 Å². The zero-order valence-corrected chi connectivity index (χ0v) is 44.9. The number of carbonyl (C=O) groups excluding carboxylic acids is 4. The van der Waals surface area contributed by atoms with Gasteiger partial charge in [-0.25, -0.2) is 9.36 Å². The second-order valence-corrected chi connectivity index (χ2v) is 25.0. The second-order valence-electron chi connectivity index (χ2n) is 20.7. The molecule has 1 aliphatic rings. The first-order valence-corrected chi connectivity index (χ1v) is 26.8. The van der Waals surface area contributed by atoms with E-state index in [0.717, 1.165) is 61.4 Å². The van der Waals surface area contributed by atoms with Gasteiger partial charge in [-0.3, -0.25) is 14.4 Å². The summed E-state index contributed by atoms with van der Waals surface area (Å²) in [5, 5.41) is 5.11. The molecule has 1 fully saturated rings. The molecule has 6 aromatic rings. The number of hydrogen-bond donors (Lipinski definition) is 1. The van der Waals surface area contributed by atoms with Gasteiger partial charge in [-0.05, 0) is 124 Å². The monoisotopic (exact) mass is 994 g/mol. The third-order valence-electron chi connectivity index (χ3n) is 13.3. The maximum atomic E-state index is 14.9. The van der Waals surface area contributed by atoms with Gasteiger partial charge in [-0.15, -0.1) is 0 Å². The molecule has 0 aliphatic carbocycles. The fourth-order valence-electron chi connectivity index (χ4n) is 9.47. The zero-order valence-electron chi connectivity index (χ0n) is 43.9. The predicted molar refractivity (Wildman–Crippen MR) is 289 cm³/mol. The molecule has 1 N–H and O–H groups in total. The van der Waals surface area contributed by atoms with E-state index in [9.17, 15) is 19.2 Å². The summed E-state index contributed by atoms with van der Waals surface area (Å²) in [4.78, 5) is 61.7. The van der Waals surface area contributed by atoms with Gasteiger partial charge >= 0.3 is 14.4 Å². The number of anilines is 2. The van der Waals surface area contributed by atoms with Crippen LogP contribution in [0.1, 0.15) is 99.2 Å². The number of rotatable bonds is 16. The van der Waals surface area contributed by atoms with Crippen molar-refractivity contribution in [3.05, 3.63) is 138 Å². The van der Waals surface area contributed by atoms with Crippen LogP contribution in [-0.2, 0) is 9.53 Å². The van der Waals surface area contributed by atoms with Crippen molar-refractivity contribution in [2.45, 2.75) is 91.7 Å². The van der Waals surface area contributed by atoms with E-state index in [2.05, 4.69) is 62.3 Å². The third kappa shape index (κ3) is 11.6. The smallest absolute Gasteiger partial charge is 0.419 e. The Labute approximate surface area is 426 Å². The summed E-state index contributed by atoms with van der Waals surface area (Å²) in [7, 11) is 1.96. The Morgan fingerprint density at radius 1 is 0.736 bits per heavy atom. The number of piperazine rings is 1. The van der Waals surface area contributed by atoms with Crippen molar-refractivity contribution in [3.8, 4) is 17.2 Å². The number of fused-ring (bicyclic) bond motifs is 1. The molecule has 2 heterocycles. The third-order valence-corrected chi connectivity index (χ3v) is 18.2. The molecule has 1 aliphatic heterocycles. The molecule has 0 bridgehead atoms. The minimum atomic E-state index is -3.31. The van der Waals surface area contributed by atoms with E-state index in [1.165, 1.54) is 11.7 Å². The van der Waals surface area contributed by atoms with Gasteiger partial charge in [0.1, 0.15) is 22.8 Å². The standard InChI is InChI=1S/C58H71N5O8Si/c1-40-29-32-47(50(38-40)69-37-20-14-19-28-51(64)62-35-33-60(9)34-36-62)61(10)55(66)42-30-31-46(49(39-42)68-11)59-54(65)45-26-21-27-48-52(45)53(41(2)63(48)56(67)70-57(3,4)5)71-72(58(6,7)8,43-22-15-12-16-23-43)44-24-17-13-18-25-44/h12-13,15-18,21-27,29-32,38-39H,14,19-20,28,33-37H2,1-11H3,(H,59,65). The first-order valence-electron chi connectivity index (χ1n) is 24.9. The van der Waals surface area contributed by atoms with Crippen molar-refractivity contribution in [2.75, 3.05) is 64.2 Å². The highest BCUT2D eigenvalue weighted by Crippen LogP contribution is 2.44. The number of nitrogens with zero attached hydrogens (tertiary/aromatic N) is 4. The molecule has 5 aromatic carbocycles. The fraction of sp³-hybridized carbons (Fsp3) is 0.379. The molecule has 380 valence electrons. The summed E-state index contributed by atoms with van der Waals surface area (Å²) < 4.78 is 27.2. The van der Waals surface area contributed by atoms with Gasteiger partial charge in [0.05, 0.1) is 47.3 Å². The lowest BCUT2D eigenvalue weighted by Crippen LogP contribution is -2.68. The van der Waals surface area contributed by atoms with E-state index in [4.69, 9.17) is 18.6 Å². The number of amides is 3. The van der Waals surface area contributed by atoms with Gasteiger partial charge in [-0.2, -0.15) is 0 Å². The van der Waals surface area contributed by atoms with E-state index in [0.29, 0.717) is 58.1 Å². The van der Waals surface area contributed by atoms with Crippen LogP contribution in [0, 0.1) is 13.8 Å². The molecule has 0 radical (unpaired) electrons. The van der Waals surface area contributed by atoms with Gasteiger partial charge in [0.25, 0.3) is 11.8 Å². The Hall–Kier alpha value is -6.90. The maximum Gasteiger partial charge on any atom is 0.419 e. The second kappa shape index (κ2) is 22.2. The Bertz CT molecular complexity index is 2860. The van der Waals surface area contributed by atoms with Crippen LogP contribution in [0.3, 0.4) is 0 Å². The number of hydrogen-bond acceptors (Lipinski definition) is 9. The van der Waals surface area contributed by atoms with Crippen molar-refractivity contribution in [1.82, 2.24) is 14.4 Å². The molecule has 13 nitrogen and oxygen atoms in total. The average molecular weight is 994 g/mol. The molecular formula is C58H71N5O8Si. The van der Waals surface area contributed by atoms with Crippen LogP contribution in [0.2, 0.25) is 5.04 Å². The van der Waals surface area contributed by atoms with Crippen LogP contribution in [0.5, 0.6) is 17.2 Å². The van der Waals surface area contributed by atoms with E-state index in [1.54, 1.807) is 48.3 Å². The quantitative estimate of drug-likeness (QED) is 0.0744. The molecule has 14 heteroatoms. The molecule has 0 unspecified atom stereocenters. The van der Waals surface area contributed by atoms with Crippen LogP contribution in [0.15, 0.2) is 115 Å². The fourth-order valence-corrected chi connectivity index (χ4v) is 14.0. The van der Waals surface area contributed by atoms with Gasteiger partial charge in [0, 0.05) is 45.2 Å². The van der Waals surface area contributed by atoms with Crippen molar-refractivity contribution < 1.29 is 37.8 Å². The highest BCUT2D eigenvalue weighted by Gasteiger charge is 2.53. The lowest BCUT2D eigenvalue weighted by Gasteiger charge is -2.43. The van der Waals surface area contributed by atoms with Crippen LogP contribution in [0.25, 0.3) is 10.9 Å². The Morgan fingerprint density at radius 2 is 1.39 bits per heavy atom. The lowest BCUT2D eigenvalue weighted by atomic mass is 10.1. The molecule has 0 saturated carbocycles. The molecule has 72 heavy (non-hydrogen) atoms. The molecule has 3 amide bonds. The number of aromatic nitrogens is 1. The van der Waals surface area contributed by atoms with Gasteiger partial charge in [-0.1, -0.05) is 93.6 Å². The van der Waals surface area contributed by atoms with E-state index in [-0.39, 0.29) is 23.1 Å². The summed E-state index contributed by atoms with van der Waals surface area (Å²) in [5.41, 5.74) is 2.65. The van der Waals surface area contributed by atoms with E-state index >= 15 is 0 Å². The minimum Gasteiger partial charge on any atom is -0.532 e. The van der Waals surface area contributed by atoms with Crippen LogP contribution >= 0.6 is 0 Å². The van der Waals surface area contributed by atoms with Crippen LogP contribution in [0.4, 0.5) is 16.2 Å². The van der Waals surface area contributed by atoms with Crippen LogP contribution in [-0.4, -0.2) is 106 Å². The molecule has 7 rings (SSSR count). The first-order chi connectivity index (χ1) is 34.2. The SMILES string of the molecule is COc1cc(C(=O)N(C)c2ccc(C)cc2OCCCCCC(=O)N2CCN(C)CC2)ccc1NC(=O)c1cccc2c1c(O[Si](c1ccccc1)(c1ccccc1)C(C)(C)C)c(C)n2C(=O)OC(C)(C)C. The molecule has 0 atom stereocenters. The summed E-state index contributed by atoms with van der Waals surface area (Å²) in [6.45, 7) is 19.6. The molecule has 1 aromatic heterocycles. The Morgan fingerprint density at radius 3 is 2.00 bits per heavy atom. The number of carbonyl (C=O) groups is 4. The largest absolute Gasteiger partial charge is 0.532 e. The first kappa shape index (κ1) is 52.9. The Balaban J connectivity index is 1.16. The van der Waals surface area contributed by atoms with Crippen molar-refractivity contribution >= 4 is 64.8 Å². The summed E-state index contributed by atoms with van der Waals surface area (Å²) in [5.74, 6) is 0.678. The summed E-state index contributed by atoms with van der Waals surface area (Å²) in [6.07, 6.45) is 2.34. The van der Waals surface area contributed by atoms with Gasteiger partial charge in [0.15, 0.2) is 0 Å². The Kier molecular flexibility index (Phi) is 16.3. The predicted octanol–water partition coefficient (Wildman–Crippen LogP) is 10.2. The maximum absolute atomic E-state index is 14.9. The van der Waals surface area contributed by atoms with Gasteiger partial charge < -0.3 is 38.7 Å². The van der Waals surface area contributed by atoms with Gasteiger partial charge in [0.2, 0.25) is 5.91 Å². The summed E-state index contributed by atoms with van der Waals surface area (Å²) in [6, 6.07) is 36.3. The number of unbranched alkanes of at least 4 members (excludes halogenated alkanes) is 2. The van der Waals surface area contributed by atoms with E-state index < -0.39 is 31.0 Å². The average Bonchev–Trinajstić information content (AvgIpc) is 3.63. The number of methoxy groups -OCH3 is 1. The molecular weight excluding hydrogens is 923 g/mol. The number of nitrogens with one attached hydrogen (secondary N) is 1. The normalized spacial score (nSPS) is 13.4. The zero-order chi connectivity index (χ0) is 52.0. The highest BCUT2D eigenvalue weighted by molar-refractivity contribution is 7.00. The number of likely N-dealkylation sites (N-methyl/N-ethyl adjacent to an activating group) is 1. The van der Waals surface area contributed by atoms with Crippen LogP contribution < -0.4 is 34.5 Å². The molecule has 0 spiro atoms. The number of ether oxygens (including phenoxy) is 3. The molecule has 1 saturated heterocycles. The highest BCUT2D eigenvalue weighted by atomic mass is 28.4. The van der Waals surface area contributed by atoms with E-state index in [1.807, 2.05) is 94.1 Å². The minimum absolute atomic E-state index is 0.212. The number of benzene rings is 5. The lowest BCUT2D eigenvalue weighted by molar-refractivity contribution is -0.132. The van der Waals surface area contributed by atoms with Crippen molar-refractivity contribution in [2.24, 2.45) is 0 Å². The topological polar surface area (TPSA) is 132 Å². The number of aryl methyl sites for hydroxylation is 1. The summed E-state index contributed by atoms with van der Waals surface area (Å²) >= 11 is 0. The van der Waals surface area contributed by atoms with Crippen molar-refractivity contribution in [1.29, 1.82) is 0 Å².